The van der Waals surface area contributed by atoms with Crippen molar-refractivity contribution in [1.29, 1.82) is 0 Å². The van der Waals surface area contributed by atoms with Crippen LogP contribution in [0.3, 0.4) is 0 Å². The van der Waals surface area contributed by atoms with Crippen molar-refractivity contribution in [3.05, 3.63) is 41.2 Å². The van der Waals surface area contributed by atoms with Crippen LogP contribution in [0.1, 0.15) is 18.9 Å². The van der Waals surface area contributed by atoms with Crippen molar-refractivity contribution in [2.75, 3.05) is 10.6 Å². The molecule has 21 heavy (non-hydrogen) atoms. The minimum atomic E-state index is 0.187. The summed E-state index contributed by atoms with van der Waals surface area (Å²) in [7, 11) is 0. The molecule has 0 bridgehead atoms. The van der Waals surface area contributed by atoms with E-state index in [2.05, 4.69) is 25.6 Å². The fraction of sp³-hybridized carbons (Fsp3) is 0.286. The number of hydrogen-bond acceptors (Lipinski definition) is 5. The molecule has 1 heterocycles. The Morgan fingerprint density at radius 2 is 1.95 bits per heavy atom. The molecule has 110 valence electrons. The van der Waals surface area contributed by atoms with Crippen LogP contribution in [0.2, 0.25) is 5.02 Å². The standard InChI is InChI=1S/C14H16ClN5O/c1-10(2-3-11-4-6-12(15)7-5-11)19-14-17-8-16-13(20-14)18-9-21/h4-10H,2-3H2,1H3,(H2,16,17,18,19,20,21). The van der Waals surface area contributed by atoms with Gasteiger partial charge in [-0.05, 0) is 37.5 Å². The van der Waals surface area contributed by atoms with Gasteiger partial charge in [0, 0.05) is 11.1 Å². The van der Waals surface area contributed by atoms with E-state index in [1.165, 1.54) is 11.9 Å². The van der Waals surface area contributed by atoms with Gasteiger partial charge >= 0.3 is 0 Å². The first-order chi connectivity index (χ1) is 10.2. The van der Waals surface area contributed by atoms with E-state index in [-0.39, 0.29) is 12.0 Å². The van der Waals surface area contributed by atoms with Gasteiger partial charge in [-0.15, -0.1) is 0 Å². The van der Waals surface area contributed by atoms with E-state index >= 15 is 0 Å². The van der Waals surface area contributed by atoms with Crippen molar-refractivity contribution in [3.63, 3.8) is 0 Å². The van der Waals surface area contributed by atoms with E-state index < -0.39 is 0 Å². The lowest BCUT2D eigenvalue weighted by Crippen LogP contribution is -2.18. The lowest BCUT2D eigenvalue weighted by Gasteiger charge is -2.13. The highest BCUT2D eigenvalue weighted by atomic mass is 35.5. The highest BCUT2D eigenvalue weighted by Gasteiger charge is 2.06. The number of benzene rings is 1. The van der Waals surface area contributed by atoms with E-state index in [0.717, 1.165) is 17.9 Å². The first-order valence-electron chi connectivity index (χ1n) is 6.57. The zero-order valence-corrected chi connectivity index (χ0v) is 12.3. The SMILES string of the molecule is CC(CCc1ccc(Cl)cc1)Nc1ncnc(NC=O)n1. The average molecular weight is 306 g/mol. The quantitative estimate of drug-likeness (QED) is 0.768. The van der Waals surface area contributed by atoms with Crippen LogP contribution in [0, 0.1) is 0 Å². The lowest BCUT2D eigenvalue weighted by atomic mass is 10.1. The van der Waals surface area contributed by atoms with Gasteiger partial charge in [0.25, 0.3) is 0 Å². The predicted molar refractivity (Wildman–Crippen MR) is 82.4 cm³/mol. The molecule has 1 atom stereocenters. The largest absolute Gasteiger partial charge is 0.352 e. The summed E-state index contributed by atoms with van der Waals surface area (Å²) >= 11 is 5.86. The zero-order valence-electron chi connectivity index (χ0n) is 11.6. The number of carbonyl (C=O) groups excluding carboxylic acids is 1. The summed E-state index contributed by atoms with van der Waals surface area (Å²) in [5.74, 6) is 0.672. The Labute approximate surface area is 128 Å². The van der Waals surface area contributed by atoms with Crippen molar-refractivity contribution in [3.8, 4) is 0 Å². The molecule has 2 aromatic rings. The summed E-state index contributed by atoms with van der Waals surface area (Å²) < 4.78 is 0. The van der Waals surface area contributed by atoms with Crippen LogP contribution < -0.4 is 10.6 Å². The summed E-state index contributed by atoms with van der Waals surface area (Å²) in [4.78, 5) is 22.3. The fourth-order valence-electron chi connectivity index (χ4n) is 1.81. The third kappa shape index (κ3) is 5.00. The molecule has 0 spiro atoms. The smallest absolute Gasteiger partial charge is 0.233 e. The maximum absolute atomic E-state index is 10.3. The molecule has 0 saturated carbocycles. The molecule has 7 heteroatoms. The Balaban J connectivity index is 1.86. The number of halogens is 1. The van der Waals surface area contributed by atoms with Gasteiger partial charge in [0.15, 0.2) is 0 Å². The molecule has 0 aliphatic heterocycles. The van der Waals surface area contributed by atoms with Crippen LogP contribution in [0.15, 0.2) is 30.6 Å². The Hall–Kier alpha value is -2.21. The van der Waals surface area contributed by atoms with Gasteiger partial charge in [-0.25, -0.2) is 9.97 Å². The Morgan fingerprint density at radius 3 is 2.67 bits per heavy atom. The first-order valence-corrected chi connectivity index (χ1v) is 6.95. The van der Waals surface area contributed by atoms with Crippen LogP contribution in [0.4, 0.5) is 11.9 Å². The second-order valence-corrected chi connectivity index (χ2v) is 5.04. The summed E-state index contributed by atoms with van der Waals surface area (Å²) in [5, 5.41) is 6.31. The summed E-state index contributed by atoms with van der Waals surface area (Å²) in [5.41, 5.74) is 1.23. The Morgan fingerprint density at radius 1 is 1.24 bits per heavy atom. The molecular weight excluding hydrogens is 290 g/mol. The molecular formula is C14H16ClN5O. The van der Waals surface area contributed by atoms with Gasteiger partial charge in [0.1, 0.15) is 6.33 Å². The number of anilines is 2. The van der Waals surface area contributed by atoms with E-state index in [0.29, 0.717) is 12.4 Å². The van der Waals surface area contributed by atoms with Crippen molar-refractivity contribution < 1.29 is 4.79 Å². The topological polar surface area (TPSA) is 79.8 Å². The number of rotatable bonds is 7. The minimum absolute atomic E-state index is 0.187. The fourth-order valence-corrected chi connectivity index (χ4v) is 1.94. The van der Waals surface area contributed by atoms with E-state index in [1.807, 2.05) is 31.2 Å². The molecule has 2 rings (SSSR count). The molecule has 0 fully saturated rings. The van der Waals surface area contributed by atoms with Crippen LogP contribution in [0.5, 0.6) is 0 Å². The predicted octanol–water partition coefficient (Wildman–Crippen LogP) is 2.53. The normalized spacial score (nSPS) is 11.7. The van der Waals surface area contributed by atoms with Gasteiger partial charge in [-0.3, -0.25) is 10.1 Å². The third-order valence-electron chi connectivity index (χ3n) is 2.91. The molecule has 1 aromatic heterocycles. The van der Waals surface area contributed by atoms with E-state index in [1.54, 1.807) is 0 Å². The number of nitrogens with zero attached hydrogens (tertiary/aromatic N) is 3. The highest BCUT2D eigenvalue weighted by molar-refractivity contribution is 6.30. The van der Waals surface area contributed by atoms with Crippen molar-refractivity contribution in [1.82, 2.24) is 15.0 Å². The second kappa shape index (κ2) is 7.54. The number of amides is 1. The Bertz CT molecular complexity index is 590. The van der Waals surface area contributed by atoms with Crippen molar-refractivity contribution >= 4 is 29.9 Å². The average Bonchev–Trinajstić information content (AvgIpc) is 2.47. The van der Waals surface area contributed by atoms with Crippen LogP contribution in [-0.4, -0.2) is 27.4 Å². The monoisotopic (exact) mass is 305 g/mol. The molecule has 0 saturated heterocycles. The van der Waals surface area contributed by atoms with Crippen LogP contribution >= 0.6 is 11.6 Å². The molecule has 0 radical (unpaired) electrons. The summed E-state index contributed by atoms with van der Waals surface area (Å²) in [6.45, 7) is 2.05. The number of nitrogens with one attached hydrogen (secondary N) is 2. The minimum Gasteiger partial charge on any atom is -0.352 e. The van der Waals surface area contributed by atoms with E-state index in [9.17, 15) is 4.79 Å². The summed E-state index contributed by atoms with van der Waals surface area (Å²) in [6.07, 6.45) is 3.73. The molecule has 0 aliphatic carbocycles. The van der Waals surface area contributed by atoms with Gasteiger partial charge in [0.2, 0.25) is 18.3 Å². The maximum atomic E-state index is 10.3. The van der Waals surface area contributed by atoms with Crippen LogP contribution in [-0.2, 0) is 11.2 Å². The first kappa shape index (κ1) is 15.2. The summed E-state index contributed by atoms with van der Waals surface area (Å²) in [6, 6.07) is 8.00. The second-order valence-electron chi connectivity index (χ2n) is 4.61. The Kier molecular flexibility index (Phi) is 5.45. The molecule has 1 unspecified atom stereocenters. The van der Waals surface area contributed by atoms with Gasteiger partial charge in [-0.2, -0.15) is 4.98 Å². The number of carbonyl (C=O) groups is 1. The maximum Gasteiger partial charge on any atom is 0.233 e. The molecule has 0 aliphatic rings. The van der Waals surface area contributed by atoms with Gasteiger partial charge in [-0.1, -0.05) is 23.7 Å². The van der Waals surface area contributed by atoms with Gasteiger partial charge < -0.3 is 5.32 Å². The number of aromatic nitrogens is 3. The number of aryl methyl sites for hydroxylation is 1. The molecule has 1 amide bonds. The van der Waals surface area contributed by atoms with Gasteiger partial charge in [0.05, 0.1) is 0 Å². The third-order valence-corrected chi connectivity index (χ3v) is 3.17. The van der Waals surface area contributed by atoms with Crippen molar-refractivity contribution in [2.24, 2.45) is 0 Å². The van der Waals surface area contributed by atoms with Crippen molar-refractivity contribution in [2.45, 2.75) is 25.8 Å². The van der Waals surface area contributed by atoms with E-state index in [4.69, 9.17) is 11.6 Å². The van der Waals surface area contributed by atoms with Crippen LogP contribution in [0.25, 0.3) is 0 Å². The molecule has 2 N–H and O–H groups in total. The highest BCUT2D eigenvalue weighted by Crippen LogP contribution is 2.13. The molecule has 1 aromatic carbocycles. The lowest BCUT2D eigenvalue weighted by molar-refractivity contribution is -0.105. The zero-order chi connectivity index (χ0) is 15.1. The molecule has 6 nitrogen and oxygen atoms in total. The number of hydrogen-bond donors (Lipinski definition) is 2.